The minimum absolute atomic E-state index is 0.503. The lowest BCUT2D eigenvalue weighted by Gasteiger charge is -2.19. The maximum Gasteiger partial charge on any atom is 0.00449 e. The van der Waals surface area contributed by atoms with Crippen molar-refractivity contribution >= 4 is 0 Å². The van der Waals surface area contributed by atoms with E-state index in [0.29, 0.717) is 6.04 Å². The summed E-state index contributed by atoms with van der Waals surface area (Å²) in [4.78, 5) is 0. The summed E-state index contributed by atoms with van der Waals surface area (Å²) < 4.78 is 0. The highest BCUT2D eigenvalue weighted by Gasteiger charge is 2.21. The number of nitrogens with two attached hydrogens (primary N) is 1. The van der Waals surface area contributed by atoms with Gasteiger partial charge in [0, 0.05) is 6.04 Å². The van der Waals surface area contributed by atoms with E-state index in [1.165, 1.54) is 38.5 Å². The van der Waals surface area contributed by atoms with E-state index in [1.54, 1.807) is 11.1 Å². The monoisotopic (exact) mass is 137 g/mol. The van der Waals surface area contributed by atoms with Gasteiger partial charge in [-0.3, -0.25) is 0 Å². The second kappa shape index (κ2) is 2.39. The Morgan fingerprint density at radius 3 is 1.90 bits per heavy atom. The molecule has 2 aliphatic rings. The standard InChI is InChI=1S/C9H15N/c10-9-5-3-8(4-6-9)7-1-2-7/h9H,1-6,10H2. The molecule has 56 valence electrons. The van der Waals surface area contributed by atoms with Gasteiger partial charge in [0.1, 0.15) is 0 Å². The molecule has 0 aromatic rings. The van der Waals surface area contributed by atoms with E-state index in [2.05, 4.69) is 0 Å². The fourth-order valence-electron chi connectivity index (χ4n) is 1.76. The Bertz CT molecular complexity index is 154. The molecule has 1 heteroatoms. The van der Waals surface area contributed by atoms with Crippen LogP contribution >= 0.6 is 0 Å². The van der Waals surface area contributed by atoms with Gasteiger partial charge in [0.15, 0.2) is 0 Å². The van der Waals surface area contributed by atoms with Gasteiger partial charge in [-0.2, -0.15) is 0 Å². The first-order valence-corrected chi connectivity index (χ1v) is 4.31. The molecule has 2 aliphatic carbocycles. The van der Waals surface area contributed by atoms with Crippen molar-refractivity contribution in [2.45, 2.75) is 44.6 Å². The Kier molecular flexibility index (Phi) is 1.53. The van der Waals surface area contributed by atoms with Crippen LogP contribution < -0.4 is 5.73 Å². The van der Waals surface area contributed by atoms with Crippen LogP contribution in [0.2, 0.25) is 0 Å². The average Bonchev–Trinajstić information content (AvgIpc) is 2.71. The molecule has 2 fully saturated rings. The Morgan fingerprint density at radius 1 is 0.900 bits per heavy atom. The van der Waals surface area contributed by atoms with E-state index in [1.807, 2.05) is 0 Å². The highest BCUT2D eigenvalue weighted by atomic mass is 14.6. The summed E-state index contributed by atoms with van der Waals surface area (Å²) in [5, 5.41) is 0. The predicted molar refractivity (Wildman–Crippen MR) is 42.7 cm³/mol. The molecule has 0 aromatic heterocycles. The molecular formula is C9H15N. The fraction of sp³-hybridized carbons (Fsp3) is 0.778. The Morgan fingerprint density at radius 2 is 1.40 bits per heavy atom. The van der Waals surface area contributed by atoms with E-state index in [9.17, 15) is 0 Å². The zero-order valence-corrected chi connectivity index (χ0v) is 6.40. The number of hydrogen-bond donors (Lipinski definition) is 1. The third-order valence-electron chi connectivity index (χ3n) is 2.63. The topological polar surface area (TPSA) is 26.0 Å². The van der Waals surface area contributed by atoms with E-state index >= 15 is 0 Å². The molecule has 0 aromatic carbocycles. The molecule has 0 amide bonds. The zero-order valence-electron chi connectivity index (χ0n) is 6.40. The van der Waals surface area contributed by atoms with E-state index in [-0.39, 0.29) is 0 Å². The maximum atomic E-state index is 5.79. The molecule has 2 rings (SSSR count). The molecule has 10 heavy (non-hydrogen) atoms. The summed E-state index contributed by atoms with van der Waals surface area (Å²) in [7, 11) is 0. The van der Waals surface area contributed by atoms with Gasteiger partial charge in [0.2, 0.25) is 0 Å². The second-order valence-electron chi connectivity index (χ2n) is 3.54. The SMILES string of the molecule is NC1CCC(=C2CC2)CC1. The summed E-state index contributed by atoms with van der Waals surface area (Å²) in [6, 6.07) is 0.503. The van der Waals surface area contributed by atoms with Crippen molar-refractivity contribution in [1.82, 2.24) is 0 Å². The van der Waals surface area contributed by atoms with Gasteiger partial charge in [-0.05, 0) is 38.5 Å². The number of rotatable bonds is 0. The molecular weight excluding hydrogens is 122 g/mol. The fourth-order valence-corrected chi connectivity index (χ4v) is 1.76. The number of hydrogen-bond acceptors (Lipinski definition) is 1. The summed E-state index contributed by atoms with van der Waals surface area (Å²) in [5.41, 5.74) is 9.30. The molecule has 0 bridgehead atoms. The Labute approximate surface area is 62.3 Å². The lowest BCUT2D eigenvalue weighted by molar-refractivity contribution is 0.510. The van der Waals surface area contributed by atoms with Crippen LogP contribution in [0.25, 0.3) is 0 Å². The summed E-state index contributed by atoms with van der Waals surface area (Å²) >= 11 is 0. The van der Waals surface area contributed by atoms with Crippen molar-refractivity contribution in [3.05, 3.63) is 11.1 Å². The van der Waals surface area contributed by atoms with Gasteiger partial charge in [-0.1, -0.05) is 11.1 Å². The minimum atomic E-state index is 0.503. The average molecular weight is 137 g/mol. The molecule has 0 aliphatic heterocycles. The molecule has 0 unspecified atom stereocenters. The van der Waals surface area contributed by atoms with Gasteiger partial charge < -0.3 is 5.73 Å². The molecule has 2 N–H and O–H groups in total. The molecule has 1 nitrogen and oxygen atoms in total. The first-order chi connectivity index (χ1) is 4.86. The first kappa shape index (κ1) is 6.41. The molecule has 0 atom stereocenters. The van der Waals surface area contributed by atoms with Crippen molar-refractivity contribution in [2.75, 3.05) is 0 Å². The Balaban J connectivity index is 1.97. The summed E-state index contributed by atoms with van der Waals surface area (Å²) in [6.07, 6.45) is 7.86. The quantitative estimate of drug-likeness (QED) is 0.507. The van der Waals surface area contributed by atoms with Gasteiger partial charge >= 0.3 is 0 Å². The van der Waals surface area contributed by atoms with Gasteiger partial charge in [-0.15, -0.1) is 0 Å². The lowest BCUT2D eigenvalue weighted by atomic mass is 9.91. The first-order valence-electron chi connectivity index (χ1n) is 4.31. The highest BCUT2D eigenvalue weighted by Crippen LogP contribution is 2.37. The molecule has 0 radical (unpaired) electrons. The zero-order chi connectivity index (χ0) is 6.97. The summed E-state index contributed by atoms with van der Waals surface area (Å²) in [5.74, 6) is 0. The van der Waals surface area contributed by atoms with Crippen LogP contribution in [0.5, 0.6) is 0 Å². The number of allylic oxidation sites excluding steroid dienone is 2. The van der Waals surface area contributed by atoms with Gasteiger partial charge in [0.25, 0.3) is 0 Å². The molecule has 0 spiro atoms. The molecule has 0 heterocycles. The maximum absolute atomic E-state index is 5.79. The van der Waals surface area contributed by atoms with Crippen molar-refractivity contribution in [1.29, 1.82) is 0 Å². The van der Waals surface area contributed by atoms with Crippen molar-refractivity contribution in [3.63, 3.8) is 0 Å². The highest BCUT2D eigenvalue weighted by molar-refractivity contribution is 5.26. The van der Waals surface area contributed by atoms with Crippen LogP contribution in [0.1, 0.15) is 38.5 Å². The van der Waals surface area contributed by atoms with Crippen LogP contribution in [0.15, 0.2) is 11.1 Å². The minimum Gasteiger partial charge on any atom is -0.328 e. The van der Waals surface area contributed by atoms with Crippen molar-refractivity contribution in [3.8, 4) is 0 Å². The Hall–Kier alpha value is -0.300. The van der Waals surface area contributed by atoms with Crippen molar-refractivity contribution < 1.29 is 0 Å². The largest absolute Gasteiger partial charge is 0.328 e. The van der Waals surface area contributed by atoms with E-state index in [0.717, 1.165) is 0 Å². The third-order valence-corrected chi connectivity index (χ3v) is 2.63. The van der Waals surface area contributed by atoms with Crippen LogP contribution in [-0.2, 0) is 0 Å². The van der Waals surface area contributed by atoms with Crippen LogP contribution in [0, 0.1) is 0 Å². The van der Waals surface area contributed by atoms with Crippen LogP contribution in [0.4, 0.5) is 0 Å². The third kappa shape index (κ3) is 1.24. The van der Waals surface area contributed by atoms with Gasteiger partial charge in [-0.25, -0.2) is 0 Å². The van der Waals surface area contributed by atoms with E-state index < -0.39 is 0 Å². The normalized spacial score (nSPS) is 32.7. The van der Waals surface area contributed by atoms with Crippen molar-refractivity contribution in [2.24, 2.45) is 5.73 Å². The van der Waals surface area contributed by atoms with Gasteiger partial charge in [0.05, 0.1) is 0 Å². The summed E-state index contributed by atoms with van der Waals surface area (Å²) in [6.45, 7) is 0. The van der Waals surface area contributed by atoms with Crippen LogP contribution in [-0.4, -0.2) is 6.04 Å². The smallest absolute Gasteiger partial charge is 0.00449 e. The van der Waals surface area contributed by atoms with E-state index in [4.69, 9.17) is 5.73 Å². The molecule has 0 saturated heterocycles. The lowest BCUT2D eigenvalue weighted by Crippen LogP contribution is -2.23. The van der Waals surface area contributed by atoms with Crippen LogP contribution in [0.3, 0.4) is 0 Å². The predicted octanol–water partition coefficient (Wildman–Crippen LogP) is 1.98. The second-order valence-corrected chi connectivity index (χ2v) is 3.54. The molecule has 2 saturated carbocycles.